The largest absolute Gasteiger partial charge is 0.493 e. The molecule has 0 atom stereocenters. The lowest BCUT2D eigenvalue weighted by molar-refractivity contribution is 0.207. The van der Waals surface area contributed by atoms with Gasteiger partial charge in [-0.1, -0.05) is 6.07 Å². The molecule has 3 aromatic rings. The number of urea groups is 1. The Morgan fingerprint density at radius 1 is 1.17 bits per heavy atom. The van der Waals surface area contributed by atoms with Gasteiger partial charge in [0.2, 0.25) is 0 Å². The summed E-state index contributed by atoms with van der Waals surface area (Å²) in [6, 6.07) is 10.1. The number of halogens is 1. The number of rotatable bonds is 4. The average Bonchev–Trinajstić information content (AvgIpc) is 3.19. The standard InChI is InChI=1S/C22H22FN3O3S/c1-13-4-6-15(11-16(13)23)24-22(27)26-9-8-17-20(12-26)30-21(25-17)14-5-7-18(28-2)19(10-14)29-3/h4-7,10-11H,8-9,12H2,1-3H3,(H,24,27). The number of ether oxygens (including phenoxy) is 2. The van der Waals surface area contributed by atoms with Crippen molar-refractivity contribution in [1.82, 2.24) is 9.88 Å². The molecule has 0 saturated heterocycles. The molecule has 0 spiro atoms. The molecule has 2 heterocycles. The maximum atomic E-state index is 13.7. The minimum absolute atomic E-state index is 0.245. The molecule has 0 fully saturated rings. The Kier molecular flexibility index (Phi) is 5.59. The molecule has 2 amide bonds. The van der Waals surface area contributed by atoms with E-state index in [4.69, 9.17) is 14.5 Å². The number of thiazole rings is 1. The third-order valence-electron chi connectivity index (χ3n) is 5.07. The predicted molar refractivity (Wildman–Crippen MR) is 115 cm³/mol. The predicted octanol–water partition coefficient (Wildman–Crippen LogP) is 4.87. The van der Waals surface area contributed by atoms with Crippen LogP contribution in [0.15, 0.2) is 36.4 Å². The van der Waals surface area contributed by atoms with Gasteiger partial charge in [-0.3, -0.25) is 0 Å². The van der Waals surface area contributed by atoms with Crippen LogP contribution in [0.3, 0.4) is 0 Å². The SMILES string of the molecule is COc1ccc(-c2nc3c(s2)CN(C(=O)Nc2ccc(C)c(F)c2)CC3)cc1OC. The van der Waals surface area contributed by atoms with Crippen LogP contribution < -0.4 is 14.8 Å². The number of hydrogen-bond donors (Lipinski definition) is 1. The zero-order valence-electron chi connectivity index (χ0n) is 17.0. The van der Waals surface area contributed by atoms with Gasteiger partial charge in [-0.2, -0.15) is 0 Å². The number of amides is 2. The Bertz CT molecular complexity index is 1100. The highest BCUT2D eigenvalue weighted by Crippen LogP contribution is 2.36. The Morgan fingerprint density at radius 3 is 2.70 bits per heavy atom. The van der Waals surface area contributed by atoms with E-state index in [0.717, 1.165) is 21.1 Å². The molecule has 0 unspecified atom stereocenters. The van der Waals surface area contributed by atoms with Crippen molar-refractivity contribution in [2.24, 2.45) is 0 Å². The number of aryl methyl sites for hydroxylation is 1. The summed E-state index contributed by atoms with van der Waals surface area (Å²) >= 11 is 1.56. The van der Waals surface area contributed by atoms with Gasteiger partial charge in [0.15, 0.2) is 11.5 Å². The van der Waals surface area contributed by atoms with Gasteiger partial charge in [0, 0.05) is 29.1 Å². The lowest BCUT2D eigenvalue weighted by atomic mass is 10.1. The molecule has 30 heavy (non-hydrogen) atoms. The van der Waals surface area contributed by atoms with Crippen molar-refractivity contribution in [3.05, 3.63) is 58.3 Å². The van der Waals surface area contributed by atoms with Crippen molar-refractivity contribution in [3.63, 3.8) is 0 Å². The number of methoxy groups -OCH3 is 2. The quantitative estimate of drug-likeness (QED) is 0.646. The number of anilines is 1. The van der Waals surface area contributed by atoms with Crippen LogP contribution in [0, 0.1) is 12.7 Å². The van der Waals surface area contributed by atoms with Crippen LogP contribution in [-0.2, 0) is 13.0 Å². The van der Waals surface area contributed by atoms with Gasteiger partial charge in [-0.15, -0.1) is 11.3 Å². The Hall–Kier alpha value is -3.13. The first-order valence-electron chi connectivity index (χ1n) is 9.51. The molecule has 4 rings (SSSR count). The number of carbonyl (C=O) groups is 1. The van der Waals surface area contributed by atoms with Gasteiger partial charge < -0.3 is 19.7 Å². The van der Waals surface area contributed by atoms with Crippen LogP contribution in [0.5, 0.6) is 11.5 Å². The Balaban J connectivity index is 1.50. The van der Waals surface area contributed by atoms with Crippen LogP contribution in [0.2, 0.25) is 0 Å². The number of benzene rings is 2. The number of nitrogens with zero attached hydrogens (tertiary/aromatic N) is 2. The van der Waals surface area contributed by atoms with E-state index in [0.29, 0.717) is 42.3 Å². The average molecular weight is 428 g/mol. The van der Waals surface area contributed by atoms with Crippen molar-refractivity contribution in [2.45, 2.75) is 19.9 Å². The van der Waals surface area contributed by atoms with Crippen LogP contribution in [0.1, 0.15) is 16.1 Å². The van der Waals surface area contributed by atoms with Gasteiger partial charge in [-0.05, 0) is 42.8 Å². The number of fused-ring (bicyclic) bond motifs is 1. The molecule has 1 aliphatic rings. The highest BCUT2D eigenvalue weighted by atomic mass is 32.1. The first kappa shape index (κ1) is 20.2. The van der Waals surface area contributed by atoms with Crippen molar-refractivity contribution in [2.75, 3.05) is 26.1 Å². The fraction of sp³-hybridized carbons (Fsp3) is 0.273. The van der Waals surface area contributed by atoms with E-state index >= 15 is 0 Å². The molecular formula is C22H22FN3O3S. The van der Waals surface area contributed by atoms with E-state index in [1.165, 1.54) is 6.07 Å². The summed E-state index contributed by atoms with van der Waals surface area (Å²) < 4.78 is 24.4. The maximum Gasteiger partial charge on any atom is 0.322 e. The second kappa shape index (κ2) is 8.31. The Morgan fingerprint density at radius 2 is 1.97 bits per heavy atom. The minimum Gasteiger partial charge on any atom is -0.493 e. The molecule has 1 N–H and O–H groups in total. The lowest BCUT2D eigenvalue weighted by Crippen LogP contribution is -2.38. The highest BCUT2D eigenvalue weighted by molar-refractivity contribution is 7.15. The minimum atomic E-state index is -0.337. The van der Waals surface area contributed by atoms with Gasteiger partial charge in [-0.25, -0.2) is 14.2 Å². The van der Waals surface area contributed by atoms with Crippen LogP contribution >= 0.6 is 11.3 Å². The van der Waals surface area contributed by atoms with Crippen molar-refractivity contribution in [3.8, 4) is 22.1 Å². The number of nitrogens with one attached hydrogen (secondary N) is 1. The molecular weight excluding hydrogens is 405 g/mol. The van der Waals surface area contributed by atoms with E-state index < -0.39 is 0 Å². The summed E-state index contributed by atoms with van der Waals surface area (Å²) in [7, 11) is 3.20. The molecule has 6 nitrogen and oxygen atoms in total. The van der Waals surface area contributed by atoms with E-state index in [9.17, 15) is 9.18 Å². The highest BCUT2D eigenvalue weighted by Gasteiger charge is 2.25. The maximum absolute atomic E-state index is 13.7. The number of hydrogen-bond acceptors (Lipinski definition) is 5. The normalized spacial score (nSPS) is 13.0. The van der Waals surface area contributed by atoms with Crippen molar-refractivity contribution < 1.29 is 18.7 Å². The van der Waals surface area contributed by atoms with Crippen molar-refractivity contribution in [1.29, 1.82) is 0 Å². The van der Waals surface area contributed by atoms with E-state index in [-0.39, 0.29) is 11.8 Å². The summed E-state index contributed by atoms with van der Waals surface area (Å²) in [5, 5.41) is 3.66. The summed E-state index contributed by atoms with van der Waals surface area (Å²) in [5.41, 5.74) is 2.94. The molecule has 1 aliphatic heterocycles. The molecule has 156 valence electrons. The first-order chi connectivity index (χ1) is 14.5. The molecule has 2 aromatic carbocycles. The van der Waals surface area contributed by atoms with Gasteiger partial charge in [0.05, 0.1) is 26.5 Å². The van der Waals surface area contributed by atoms with E-state index in [1.807, 2.05) is 18.2 Å². The number of carbonyl (C=O) groups excluding carboxylic acids is 1. The monoisotopic (exact) mass is 427 g/mol. The van der Waals surface area contributed by atoms with Crippen molar-refractivity contribution >= 4 is 23.1 Å². The molecule has 8 heteroatoms. The van der Waals surface area contributed by atoms with Crippen LogP contribution in [0.4, 0.5) is 14.9 Å². The fourth-order valence-electron chi connectivity index (χ4n) is 3.33. The summed E-state index contributed by atoms with van der Waals surface area (Å²) in [6.45, 7) is 2.72. The van der Waals surface area contributed by atoms with Crippen LogP contribution in [0.25, 0.3) is 10.6 Å². The smallest absolute Gasteiger partial charge is 0.322 e. The summed E-state index contributed by atoms with van der Waals surface area (Å²) in [5.74, 6) is 0.975. The molecule has 0 aliphatic carbocycles. The summed E-state index contributed by atoms with van der Waals surface area (Å²) in [6.07, 6.45) is 0.675. The fourth-order valence-corrected chi connectivity index (χ4v) is 4.45. The zero-order chi connectivity index (χ0) is 21.3. The van der Waals surface area contributed by atoms with Gasteiger partial charge in [0.1, 0.15) is 10.8 Å². The second-order valence-corrected chi connectivity index (χ2v) is 8.11. The summed E-state index contributed by atoms with van der Waals surface area (Å²) in [4.78, 5) is 20.2. The zero-order valence-corrected chi connectivity index (χ0v) is 17.8. The number of aromatic nitrogens is 1. The van der Waals surface area contributed by atoms with Crippen LogP contribution in [-0.4, -0.2) is 36.7 Å². The molecule has 0 radical (unpaired) electrons. The molecule has 0 bridgehead atoms. The second-order valence-electron chi connectivity index (χ2n) is 7.02. The Labute approximate surface area is 178 Å². The third kappa shape index (κ3) is 3.95. The topological polar surface area (TPSA) is 63.7 Å². The molecule has 0 saturated carbocycles. The first-order valence-corrected chi connectivity index (χ1v) is 10.3. The van der Waals surface area contributed by atoms with E-state index in [1.54, 1.807) is 49.5 Å². The third-order valence-corrected chi connectivity index (χ3v) is 6.20. The lowest BCUT2D eigenvalue weighted by Gasteiger charge is -2.26. The van der Waals surface area contributed by atoms with Gasteiger partial charge >= 0.3 is 6.03 Å². The molecule has 1 aromatic heterocycles. The van der Waals surface area contributed by atoms with Gasteiger partial charge in [0.25, 0.3) is 0 Å². The van der Waals surface area contributed by atoms with E-state index in [2.05, 4.69) is 5.32 Å².